The molecule has 0 radical (unpaired) electrons. The lowest BCUT2D eigenvalue weighted by molar-refractivity contribution is -0.116. The van der Waals surface area contributed by atoms with E-state index in [1.54, 1.807) is 41.0 Å². The zero-order valence-corrected chi connectivity index (χ0v) is 20.7. The van der Waals surface area contributed by atoms with E-state index in [1.807, 2.05) is 13.0 Å². The van der Waals surface area contributed by atoms with Crippen LogP contribution in [0.1, 0.15) is 11.4 Å². The van der Waals surface area contributed by atoms with Crippen LogP contribution in [-0.2, 0) is 22.6 Å². The first-order valence-electron chi connectivity index (χ1n) is 9.73. The van der Waals surface area contributed by atoms with Crippen molar-refractivity contribution in [2.24, 2.45) is 0 Å². The molecule has 2 amide bonds. The Bertz CT molecular complexity index is 1200. The number of aryl methyl sites for hydroxylation is 1. The van der Waals surface area contributed by atoms with Gasteiger partial charge in [0.15, 0.2) is 5.16 Å². The van der Waals surface area contributed by atoms with Gasteiger partial charge in [-0.15, -0.1) is 16.8 Å². The molecule has 0 aliphatic heterocycles. The molecule has 0 aliphatic carbocycles. The first-order valence-corrected chi connectivity index (χ1v) is 11.9. The number of carbonyl (C=O) groups is 2. The number of hydrogen-bond donors (Lipinski definition) is 2. The zero-order valence-electron chi connectivity index (χ0n) is 17.6. The molecule has 3 aromatic rings. The number of thioether (sulfide) groups is 1. The number of allylic oxidation sites excluding steroid dienone is 1. The smallest absolute Gasteiger partial charge is 0.234 e. The molecule has 33 heavy (non-hydrogen) atoms. The third-order valence-electron chi connectivity index (χ3n) is 4.42. The lowest BCUT2D eigenvalue weighted by atomic mass is 10.2. The largest absolute Gasteiger partial charge is 0.326 e. The van der Waals surface area contributed by atoms with Crippen LogP contribution in [0.2, 0.25) is 15.1 Å². The predicted octanol–water partition coefficient (Wildman–Crippen LogP) is 5.64. The minimum atomic E-state index is -0.270. The fourth-order valence-electron chi connectivity index (χ4n) is 2.80. The molecule has 2 N–H and O–H groups in total. The lowest BCUT2D eigenvalue weighted by Crippen LogP contribution is -2.18. The van der Waals surface area contributed by atoms with Gasteiger partial charge in [-0.05, 0) is 42.8 Å². The second kappa shape index (κ2) is 11.6. The molecule has 0 bridgehead atoms. The van der Waals surface area contributed by atoms with Gasteiger partial charge in [-0.2, -0.15) is 0 Å². The van der Waals surface area contributed by atoms with Crippen LogP contribution in [-0.4, -0.2) is 32.3 Å². The van der Waals surface area contributed by atoms with Crippen molar-refractivity contribution in [3.05, 3.63) is 75.5 Å². The number of nitrogens with one attached hydrogen (secondary N) is 2. The minimum Gasteiger partial charge on any atom is -0.326 e. The van der Waals surface area contributed by atoms with Crippen LogP contribution in [0.3, 0.4) is 0 Å². The summed E-state index contributed by atoms with van der Waals surface area (Å²) in [6.07, 6.45) is 1.67. The SMILES string of the molecule is C=CCn1c(CC(=O)Nc2ccc(C)c(Cl)c2)nnc1SCC(=O)Nc1ccc(Cl)cc1Cl. The van der Waals surface area contributed by atoms with Gasteiger partial charge in [0.2, 0.25) is 11.8 Å². The van der Waals surface area contributed by atoms with E-state index in [-0.39, 0.29) is 24.0 Å². The third kappa shape index (κ3) is 6.98. The van der Waals surface area contributed by atoms with Gasteiger partial charge in [-0.1, -0.05) is 58.7 Å². The minimum absolute atomic E-state index is 0.000521. The molecule has 2 aromatic carbocycles. The van der Waals surface area contributed by atoms with Crippen molar-refractivity contribution in [2.75, 3.05) is 16.4 Å². The van der Waals surface area contributed by atoms with Gasteiger partial charge in [-0.3, -0.25) is 9.59 Å². The monoisotopic (exact) mass is 523 g/mol. The average molecular weight is 525 g/mol. The summed E-state index contributed by atoms with van der Waals surface area (Å²) >= 11 is 19.3. The first kappa shape index (κ1) is 25.1. The summed E-state index contributed by atoms with van der Waals surface area (Å²) in [7, 11) is 0. The van der Waals surface area contributed by atoms with Crippen molar-refractivity contribution in [3.63, 3.8) is 0 Å². The summed E-state index contributed by atoms with van der Waals surface area (Å²) in [4.78, 5) is 24.9. The van der Waals surface area contributed by atoms with Crippen LogP contribution in [0.5, 0.6) is 0 Å². The maximum Gasteiger partial charge on any atom is 0.234 e. The number of hydrogen-bond acceptors (Lipinski definition) is 5. The van der Waals surface area contributed by atoms with E-state index in [0.29, 0.717) is 44.0 Å². The topological polar surface area (TPSA) is 88.9 Å². The Morgan fingerprint density at radius 1 is 1.06 bits per heavy atom. The standard InChI is InChI=1S/C22H20Cl3N5O2S/c1-3-8-30-19(11-20(31)26-15-6-4-13(2)16(24)10-15)28-29-22(30)33-12-21(32)27-18-7-5-14(23)9-17(18)25/h3-7,9-10H,1,8,11-12H2,2H3,(H,26,31)(H,27,32). The number of rotatable bonds is 9. The number of benzene rings is 2. The molecule has 0 unspecified atom stereocenters. The fraction of sp³-hybridized carbons (Fsp3) is 0.182. The summed E-state index contributed by atoms with van der Waals surface area (Å²) < 4.78 is 1.74. The van der Waals surface area contributed by atoms with Crippen LogP contribution in [0.4, 0.5) is 11.4 Å². The van der Waals surface area contributed by atoms with Crippen molar-refractivity contribution in [1.29, 1.82) is 0 Å². The fourth-order valence-corrected chi connectivity index (χ4v) is 4.20. The molecule has 0 fully saturated rings. The second-order valence-corrected chi connectivity index (χ2v) is 9.14. The van der Waals surface area contributed by atoms with E-state index >= 15 is 0 Å². The van der Waals surface area contributed by atoms with E-state index in [9.17, 15) is 9.59 Å². The first-order chi connectivity index (χ1) is 15.8. The van der Waals surface area contributed by atoms with E-state index < -0.39 is 0 Å². The molecule has 7 nitrogen and oxygen atoms in total. The van der Waals surface area contributed by atoms with Crippen LogP contribution >= 0.6 is 46.6 Å². The van der Waals surface area contributed by atoms with Crippen molar-refractivity contribution >= 4 is 69.8 Å². The van der Waals surface area contributed by atoms with Crippen molar-refractivity contribution in [3.8, 4) is 0 Å². The van der Waals surface area contributed by atoms with Crippen LogP contribution in [0, 0.1) is 6.92 Å². The van der Waals surface area contributed by atoms with Gasteiger partial charge >= 0.3 is 0 Å². The maximum atomic E-state index is 12.5. The number of nitrogens with zero attached hydrogens (tertiary/aromatic N) is 3. The molecule has 3 rings (SSSR count). The van der Waals surface area contributed by atoms with Crippen LogP contribution in [0.25, 0.3) is 0 Å². The zero-order chi connectivity index (χ0) is 24.0. The lowest BCUT2D eigenvalue weighted by Gasteiger charge is -2.10. The maximum absolute atomic E-state index is 12.5. The highest BCUT2D eigenvalue weighted by Gasteiger charge is 2.17. The Labute approximate surface area is 210 Å². The average Bonchev–Trinajstić information content (AvgIpc) is 3.13. The molecule has 11 heteroatoms. The Balaban J connectivity index is 1.63. The molecule has 0 saturated carbocycles. The van der Waals surface area contributed by atoms with Gasteiger partial charge in [0.1, 0.15) is 5.82 Å². The Hall–Kier alpha value is -2.52. The van der Waals surface area contributed by atoms with Crippen LogP contribution < -0.4 is 10.6 Å². The number of anilines is 2. The predicted molar refractivity (Wildman–Crippen MR) is 135 cm³/mol. The number of amides is 2. The molecule has 172 valence electrons. The summed E-state index contributed by atoms with van der Waals surface area (Å²) in [5.74, 6) is -0.0102. The molecule has 0 aliphatic rings. The van der Waals surface area contributed by atoms with Gasteiger partial charge in [-0.25, -0.2) is 0 Å². The number of carbonyl (C=O) groups excluding carboxylic acids is 2. The molecule has 1 aromatic heterocycles. The van der Waals surface area contributed by atoms with E-state index in [2.05, 4.69) is 27.4 Å². The van der Waals surface area contributed by atoms with E-state index in [4.69, 9.17) is 34.8 Å². The summed E-state index contributed by atoms with van der Waals surface area (Å²) in [6.45, 7) is 6.02. The Kier molecular flexibility index (Phi) is 8.80. The Morgan fingerprint density at radius 2 is 1.85 bits per heavy atom. The molecule has 0 saturated heterocycles. The third-order valence-corrected chi connectivity index (χ3v) is 6.34. The highest BCUT2D eigenvalue weighted by Crippen LogP contribution is 2.26. The van der Waals surface area contributed by atoms with Crippen molar-refractivity contribution in [2.45, 2.75) is 25.0 Å². The normalized spacial score (nSPS) is 10.7. The molecular formula is C22H20Cl3N5O2S. The van der Waals surface area contributed by atoms with Crippen LogP contribution in [0.15, 0.2) is 54.2 Å². The second-order valence-electron chi connectivity index (χ2n) is 6.95. The Morgan fingerprint density at radius 3 is 2.55 bits per heavy atom. The molecule has 1 heterocycles. The van der Waals surface area contributed by atoms with E-state index in [1.165, 1.54) is 11.8 Å². The van der Waals surface area contributed by atoms with Gasteiger partial charge in [0, 0.05) is 22.3 Å². The molecule has 0 spiro atoms. The number of halogens is 3. The summed E-state index contributed by atoms with van der Waals surface area (Å²) in [6, 6.07) is 10.1. The van der Waals surface area contributed by atoms with Gasteiger partial charge in [0.05, 0.1) is 22.9 Å². The number of aromatic nitrogens is 3. The summed E-state index contributed by atoms with van der Waals surface area (Å²) in [5, 5.41) is 15.7. The van der Waals surface area contributed by atoms with Crippen molar-refractivity contribution in [1.82, 2.24) is 14.8 Å². The quantitative estimate of drug-likeness (QED) is 0.279. The highest BCUT2D eigenvalue weighted by atomic mass is 35.5. The van der Waals surface area contributed by atoms with Gasteiger partial charge in [0.25, 0.3) is 0 Å². The van der Waals surface area contributed by atoms with Gasteiger partial charge < -0.3 is 15.2 Å². The molecular weight excluding hydrogens is 505 g/mol. The van der Waals surface area contributed by atoms with Crippen molar-refractivity contribution < 1.29 is 9.59 Å². The summed E-state index contributed by atoms with van der Waals surface area (Å²) in [5.41, 5.74) is 1.98. The highest BCUT2D eigenvalue weighted by molar-refractivity contribution is 7.99. The molecule has 0 atom stereocenters. The van der Waals surface area contributed by atoms with E-state index in [0.717, 1.165) is 5.56 Å².